The molecule has 76 valence electrons. The summed E-state index contributed by atoms with van der Waals surface area (Å²) in [6.45, 7) is 5.79. The molecule has 3 unspecified atom stereocenters. The largest absolute Gasteiger partial charge is 0.313 e. The summed E-state index contributed by atoms with van der Waals surface area (Å²) in [6, 6.07) is 2.21. The van der Waals surface area contributed by atoms with Crippen molar-refractivity contribution in [3.8, 4) is 0 Å². The molecule has 0 aromatic heterocycles. The van der Waals surface area contributed by atoms with Crippen LogP contribution in [-0.4, -0.2) is 24.7 Å². The van der Waals surface area contributed by atoms with E-state index in [1.165, 1.54) is 25.7 Å². The summed E-state index contributed by atoms with van der Waals surface area (Å²) in [5, 5.41) is 7.27. The van der Waals surface area contributed by atoms with Crippen LogP contribution in [0, 0.1) is 5.92 Å². The van der Waals surface area contributed by atoms with Crippen LogP contribution in [0.15, 0.2) is 0 Å². The van der Waals surface area contributed by atoms with Crippen LogP contribution in [0.3, 0.4) is 0 Å². The summed E-state index contributed by atoms with van der Waals surface area (Å²) in [5.74, 6) is 0.986. The fourth-order valence-electron chi connectivity index (χ4n) is 2.25. The quantitative estimate of drug-likeness (QED) is 0.691. The zero-order chi connectivity index (χ0) is 9.26. The van der Waals surface area contributed by atoms with Gasteiger partial charge in [0.05, 0.1) is 0 Å². The number of rotatable bonds is 3. The van der Waals surface area contributed by atoms with Crippen molar-refractivity contribution in [1.82, 2.24) is 10.6 Å². The summed E-state index contributed by atoms with van der Waals surface area (Å²) < 4.78 is 0. The Bertz CT molecular complexity index is 157. The van der Waals surface area contributed by atoms with Gasteiger partial charge in [-0.15, -0.1) is 0 Å². The van der Waals surface area contributed by atoms with E-state index in [-0.39, 0.29) is 0 Å². The van der Waals surface area contributed by atoms with Crippen LogP contribution in [-0.2, 0) is 0 Å². The zero-order valence-electron chi connectivity index (χ0n) is 8.84. The van der Waals surface area contributed by atoms with Crippen molar-refractivity contribution >= 4 is 0 Å². The molecule has 0 bridgehead atoms. The Labute approximate surface area is 81.5 Å². The minimum atomic E-state index is 0.729. The maximum absolute atomic E-state index is 3.74. The molecule has 3 atom stereocenters. The van der Waals surface area contributed by atoms with Gasteiger partial charge in [-0.1, -0.05) is 0 Å². The predicted molar refractivity (Wildman–Crippen MR) is 55.8 cm³/mol. The summed E-state index contributed by atoms with van der Waals surface area (Å²) >= 11 is 0. The molecule has 0 aromatic rings. The molecule has 1 aliphatic carbocycles. The van der Waals surface area contributed by atoms with Gasteiger partial charge in [-0.25, -0.2) is 0 Å². The minimum absolute atomic E-state index is 0.729. The van der Waals surface area contributed by atoms with Gasteiger partial charge in [0.1, 0.15) is 0 Å². The number of nitrogens with one attached hydrogen (secondary N) is 2. The lowest BCUT2D eigenvalue weighted by Gasteiger charge is -2.30. The molecule has 1 aliphatic heterocycles. The maximum atomic E-state index is 3.74. The predicted octanol–water partition coefficient (Wildman–Crippen LogP) is 1.51. The Morgan fingerprint density at radius 3 is 2.54 bits per heavy atom. The molecule has 2 fully saturated rings. The molecular weight excluding hydrogens is 160 g/mol. The van der Waals surface area contributed by atoms with E-state index in [1.807, 2.05) is 0 Å². The molecule has 2 aliphatic rings. The second-order valence-corrected chi connectivity index (χ2v) is 4.88. The Morgan fingerprint density at radius 1 is 1.23 bits per heavy atom. The van der Waals surface area contributed by atoms with Crippen LogP contribution in [0.5, 0.6) is 0 Å². The van der Waals surface area contributed by atoms with Crippen molar-refractivity contribution in [2.75, 3.05) is 6.54 Å². The first-order valence-electron chi connectivity index (χ1n) is 5.75. The average Bonchev–Trinajstić information content (AvgIpc) is 2.91. The molecule has 2 N–H and O–H groups in total. The van der Waals surface area contributed by atoms with Gasteiger partial charge in [-0.2, -0.15) is 0 Å². The maximum Gasteiger partial charge on any atom is 0.0195 e. The van der Waals surface area contributed by atoms with Gasteiger partial charge in [0.25, 0.3) is 0 Å². The van der Waals surface area contributed by atoms with Crippen molar-refractivity contribution in [3.05, 3.63) is 0 Å². The summed E-state index contributed by atoms with van der Waals surface area (Å²) in [5.41, 5.74) is 0. The van der Waals surface area contributed by atoms with Crippen molar-refractivity contribution in [2.45, 2.75) is 57.7 Å². The molecule has 0 amide bonds. The fraction of sp³-hybridized carbons (Fsp3) is 1.00. The first-order valence-corrected chi connectivity index (χ1v) is 5.75. The van der Waals surface area contributed by atoms with Crippen LogP contribution in [0.25, 0.3) is 0 Å². The van der Waals surface area contributed by atoms with Gasteiger partial charge < -0.3 is 10.6 Å². The third kappa shape index (κ3) is 2.68. The third-order valence-electron chi connectivity index (χ3n) is 3.49. The summed E-state index contributed by atoms with van der Waals surface area (Å²) in [7, 11) is 0. The Balaban J connectivity index is 1.69. The van der Waals surface area contributed by atoms with Gasteiger partial charge in [-0.05, 0) is 45.4 Å². The minimum Gasteiger partial charge on any atom is -0.313 e. The number of piperidine rings is 1. The highest BCUT2D eigenvalue weighted by Crippen LogP contribution is 2.32. The highest BCUT2D eigenvalue weighted by atomic mass is 15.0. The molecule has 1 heterocycles. The van der Waals surface area contributed by atoms with Crippen molar-refractivity contribution < 1.29 is 0 Å². The van der Waals surface area contributed by atoms with Gasteiger partial charge in [-0.3, -0.25) is 0 Å². The standard InChI is InChI=1S/C11H22N2/c1-8-3-6-11(7-12-8)13-9(2)10-4-5-10/h8-13H,3-7H2,1-2H3. The summed E-state index contributed by atoms with van der Waals surface area (Å²) in [6.07, 6.45) is 5.58. The van der Waals surface area contributed by atoms with E-state index in [0.717, 1.165) is 30.6 Å². The van der Waals surface area contributed by atoms with E-state index in [1.54, 1.807) is 0 Å². The van der Waals surface area contributed by atoms with Crippen molar-refractivity contribution in [2.24, 2.45) is 5.92 Å². The summed E-state index contributed by atoms with van der Waals surface area (Å²) in [4.78, 5) is 0. The first-order chi connectivity index (χ1) is 6.25. The van der Waals surface area contributed by atoms with E-state index >= 15 is 0 Å². The molecule has 2 nitrogen and oxygen atoms in total. The Hall–Kier alpha value is -0.0800. The molecule has 1 saturated carbocycles. The second-order valence-electron chi connectivity index (χ2n) is 4.88. The molecule has 0 spiro atoms. The topological polar surface area (TPSA) is 24.1 Å². The van der Waals surface area contributed by atoms with Crippen molar-refractivity contribution in [1.29, 1.82) is 0 Å². The molecular formula is C11H22N2. The lowest BCUT2D eigenvalue weighted by molar-refractivity contribution is 0.308. The van der Waals surface area contributed by atoms with Crippen molar-refractivity contribution in [3.63, 3.8) is 0 Å². The third-order valence-corrected chi connectivity index (χ3v) is 3.49. The SMILES string of the molecule is CC1CCC(NC(C)C2CC2)CN1. The van der Waals surface area contributed by atoms with Gasteiger partial charge in [0, 0.05) is 24.7 Å². The van der Waals surface area contributed by atoms with E-state index in [2.05, 4.69) is 24.5 Å². The number of hydrogen-bond donors (Lipinski definition) is 2. The van der Waals surface area contributed by atoms with Crippen LogP contribution >= 0.6 is 0 Å². The average molecular weight is 182 g/mol. The molecule has 13 heavy (non-hydrogen) atoms. The lowest BCUT2D eigenvalue weighted by atomic mass is 10.0. The van der Waals surface area contributed by atoms with Crippen LogP contribution < -0.4 is 10.6 Å². The molecule has 2 rings (SSSR count). The smallest absolute Gasteiger partial charge is 0.0195 e. The lowest BCUT2D eigenvalue weighted by Crippen LogP contribution is -2.49. The highest BCUT2D eigenvalue weighted by Gasteiger charge is 2.29. The normalized spacial score (nSPS) is 37.4. The molecule has 2 heteroatoms. The number of hydrogen-bond acceptors (Lipinski definition) is 2. The Kier molecular flexibility index (Phi) is 2.89. The molecule has 1 saturated heterocycles. The Morgan fingerprint density at radius 2 is 2.00 bits per heavy atom. The van der Waals surface area contributed by atoms with Crippen LogP contribution in [0.1, 0.15) is 39.5 Å². The first kappa shape index (κ1) is 9.47. The van der Waals surface area contributed by atoms with E-state index < -0.39 is 0 Å². The van der Waals surface area contributed by atoms with Crippen LogP contribution in [0.2, 0.25) is 0 Å². The van der Waals surface area contributed by atoms with E-state index in [0.29, 0.717) is 0 Å². The highest BCUT2D eigenvalue weighted by molar-refractivity contribution is 4.88. The second kappa shape index (κ2) is 3.97. The monoisotopic (exact) mass is 182 g/mol. The van der Waals surface area contributed by atoms with E-state index in [4.69, 9.17) is 0 Å². The fourth-order valence-corrected chi connectivity index (χ4v) is 2.25. The molecule has 0 radical (unpaired) electrons. The van der Waals surface area contributed by atoms with E-state index in [9.17, 15) is 0 Å². The zero-order valence-corrected chi connectivity index (χ0v) is 8.84. The van der Waals surface area contributed by atoms with Gasteiger partial charge in [0.2, 0.25) is 0 Å². The van der Waals surface area contributed by atoms with Gasteiger partial charge in [0.15, 0.2) is 0 Å². The van der Waals surface area contributed by atoms with Gasteiger partial charge >= 0.3 is 0 Å². The molecule has 0 aromatic carbocycles. The van der Waals surface area contributed by atoms with Crippen LogP contribution in [0.4, 0.5) is 0 Å².